The summed E-state index contributed by atoms with van der Waals surface area (Å²) in [5.74, 6) is -0.811. The monoisotopic (exact) mass is 218 g/mol. The van der Waals surface area contributed by atoms with Crippen molar-refractivity contribution < 1.29 is 62.7 Å². The summed E-state index contributed by atoms with van der Waals surface area (Å²) in [4.78, 5) is 10.1. The van der Waals surface area contributed by atoms with E-state index in [1.54, 1.807) is 18.2 Å². The second-order valence-corrected chi connectivity index (χ2v) is 2.32. The van der Waals surface area contributed by atoms with E-state index in [1.807, 2.05) is 37.3 Å². The molecule has 0 fully saturated rings. The zero-order chi connectivity index (χ0) is 9.94. The van der Waals surface area contributed by atoms with E-state index in [4.69, 9.17) is 5.11 Å². The number of rotatable bonds is 5. The molecule has 0 aromatic rings. The third-order valence-corrected chi connectivity index (χ3v) is 1.18. The second-order valence-electron chi connectivity index (χ2n) is 2.32. The Labute approximate surface area is 129 Å². The van der Waals surface area contributed by atoms with Crippen LogP contribution < -0.4 is 51.4 Å². The summed E-state index contributed by atoms with van der Waals surface area (Å²) in [5.41, 5.74) is 0. The first kappa shape index (κ1) is 16.5. The van der Waals surface area contributed by atoms with Crippen molar-refractivity contribution in [2.45, 2.75) is 13.3 Å². The molecule has 0 aromatic carbocycles. The van der Waals surface area contributed by atoms with Gasteiger partial charge in [0.1, 0.15) is 0 Å². The minimum Gasteiger partial charge on any atom is -1.00 e. The third kappa shape index (κ3) is 14.6. The minimum absolute atomic E-state index is 0. The van der Waals surface area contributed by atoms with E-state index in [2.05, 4.69) is 0 Å². The van der Waals surface area contributed by atoms with E-state index in [9.17, 15) is 4.79 Å². The van der Waals surface area contributed by atoms with Gasteiger partial charge in [-0.2, -0.15) is 0 Å². The molecule has 0 aromatic heterocycles. The van der Waals surface area contributed by atoms with Crippen LogP contribution in [0.4, 0.5) is 0 Å². The molecule has 0 bridgehead atoms. The van der Waals surface area contributed by atoms with Gasteiger partial charge in [0.15, 0.2) is 0 Å². The van der Waals surface area contributed by atoms with Gasteiger partial charge in [0, 0.05) is 0 Å². The third-order valence-electron chi connectivity index (χ3n) is 1.18. The van der Waals surface area contributed by atoms with E-state index in [1.165, 1.54) is 0 Å². The SMILES string of the molecule is CC=CC=CC=CC=CCC(=O)O.[H-].[K+]. The molecule has 3 heteroatoms. The largest absolute Gasteiger partial charge is 1.00 e. The van der Waals surface area contributed by atoms with Crippen LogP contribution >= 0.6 is 0 Å². The van der Waals surface area contributed by atoms with Crippen LogP contribution in [0.15, 0.2) is 48.6 Å². The standard InChI is InChI=1S/C11H14O2.K.H/c1-2-3-4-5-6-7-8-9-10-11(12)13;;/h2-9H,10H2,1H3,(H,12,13);;/q;+1;-1. The van der Waals surface area contributed by atoms with Crippen LogP contribution in [-0.2, 0) is 4.79 Å². The number of aliphatic carboxylic acids is 1. The molecule has 0 saturated heterocycles. The van der Waals surface area contributed by atoms with Gasteiger partial charge in [0.05, 0.1) is 6.42 Å². The van der Waals surface area contributed by atoms with Gasteiger partial charge < -0.3 is 6.53 Å². The van der Waals surface area contributed by atoms with E-state index >= 15 is 0 Å². The number of allylic oxidation sites excluding steroid dienone is 7. The van der Waals surface area contributed by atoms with Crippen LogP contribution in [0.5, 0.6) is 0 Å². The number of hydrogen-bond acceptors (Lipinski definition) is 1. The predicted molar refractivity (Wildman–Crippen MR) is 55.6 cm³/mol. The van der Waals surface area contributed by atoms with Gasteiger partial charge in [-0.3, -0.25) is 4.79 Å². The Morgan fingerprint density at radius 1 is 1.14 bits per heavy atom. The van der Waals surface area contributed by atoms with Crippen LogP contribution in [-0.4, -0.2) is 11.1 Å². The molecule has 0 heterocycles. The summed E-state index contributed by atoms with van der Waals surface area (Å²) in [6, 6.07) is 0. The van der Waals surface area contributed by atoms with E-state index < -0.39 is 5.97 Å². The van der Waals surface area contributed by atoms with Gasteiger partial charge in [0.2, 0.25) is 0 Å². The van der Waals surface area contributed by atoms with Crippen molar-refractivity contribution in [2.75, 3.05) is 0 Å². The van der Waals surface area contributed by atoms with Crippen molar-refractivity contribution in [1.29, 1.82) is 0 Å². The molecule has 0 unspecified atom stereocenters. The van der Waals surface area contributed by atoms with Crippen LogP contribution in [0.1, 0.15) is 14.8 Å². The Morgan fingerprint density at radius 3 is 2.14 bits per heavy atom. The van der Waals surface area contributed by atoms with Crippen molar-refractivity contribution in [3.63, 3.8) is 0 Å². The molecule has 1 N–H and O–H groups in total. The van der Waals surface area contributed by atoms with E-state index in [0.717, 1.165) is 0 Å². The Hall–Kier alpha value is 0.0664. The molecular weight excluding hydrogens is 203 g/mol. The number of carbonyl (C=O) groups is 1. The summed E-state index contributed by atoms with van der Waals surface area (Å²) in [5, 5.41) is 8.29. The maximum absolute atomic E-state index is 10.1. The van der Waals surface area contributed by atoms with Gasteiger partial charge in [-0.25, -0.2) is 0 Å². The van der Waals surface area contributed by atoms with E-state index in [0.29, 0.717) is 0 Å². The van der Waals surface area contributed by atoms with Crippen molar-refractivity contribution in [2.24, 2.45) is 0 Å². The zero-order valence-electron chi connectivity index (χ0n) is 9.68. The van der Waals surface area contributed by atoms with Crippen molar-refractivity contribution in [1.82, 2.24) is 0 Å². The van der Waals surface area contributed by atoms with Crippen LogP contribution in [0, 0.1) is 0 Å². The Morgan fingerprint density at radius 2 is 1.64 bits per heavy atom. The molecule has 0 saturated carbocycles. The fraction of sp³-hybridized carbons (Fsp3) is 0.182. The number of carboxylic acid groups (broad SMARTS) is 1. The topological polar surface area (TPSA) is 37.3 Å². The maximum atomic E-state index is 10.1. The minimum atomic E-state index is -0.811. The molecule has 0 radical (unpaired) electrons. The normalized spacial score (nSPS) is 11.8. The molecule has 0 aliphatic rings. The van der Waals surface area contributed by atoms with Crippen molar-refractivity contribution in [3.05, 3.63) is 48.6 Å². The van der Waals surface area contributed by atoms with Gasteiger partial charge in [-0.1, -0.05) is 48.6 Å². The molecule has 0 atom stereocenters. The summed E-state index contributed by atoms with van der Waals surface area (Å²) in [6.45, 7) is 1.95. The molecule has 14 heavy (non-hydrogen) atoms. The summed E-state index contributed by atoms with van der Waals surface area (Å²) < 4.78 is 0. The van der Waals surface area contributed by atoms with Gasteiger partial charge >= 0.3 is 57.4 Å². The van der Waals surface area contributed by atoms with Gasteiger partial charge in [-0.15, -0.1) is 0 Å². The number of carboxylic acids is 1. The fourth-order valence-electron chi connectivity index (χ4n) is 0.615. The second kappa shape index (κ2) is 13.1. The first-order chi connectivity index (χ1) is 6.27. The fourth-order valence-corrected chi connectivity index (χ4v) is 0.615. The first-order valence-corrected chi connectivity index (χ1v) is 4.10. The van der Waals surface area contributed by atoms with Crippen LogP contribution in [0.3, 0.4) is 0 Å². The molecular formula is C11H15KO2. The molecule has 2 nitrogen and oxygen atoms in total. The average Bonchev–Trinajstić information content (AvgIpc) is 2.09. The van der Waals surface area contributed by atoms with E-state index in [-0.39, 0.29) is 59.2 Å². The molecule has 0 aliphatic heterocycles. The number of hydrogen-bond donors (Lipinski definition) is 1. The summed E-state index contributed by atoms with van der Waals surface area (Å²) in [7, 11) is 0. The smallest absolute Gasteiger partial charge is 1.00 e. The average molecular weight is 218 g/mol. The van der Waals surface area contributed by atoms with Crippen LogP contribution in [0.25, 0.3) is 0 Å². The maximum Gasteiger partial charge on any atom is 1.00 e. The Kier molecular flexibility index (Phi) is 15.4. The molecule has 72 valence electrons. The molecule has 0 rings (SSSR count). The summed E-state index contributed by atoms with van der Waals surface area (Å²) >= 11 is 0. The van der Waals surface area contributed by atoms with Crippen LogP contribution in [0.2, 0.25) is 0 Å². The molecule has 0 amide bonds. The molecule has 0 spiro atoms. The Balaban J connectivity index is -0.000000720. The first-order valence-electron chi connectivity index (χ1n) is 4.10. The zero-order valence-corrected chi connectivity index (χ0v) is 11.8. The van der Waals surface area contributed by atoms with Crippen molar-refractivity contribution in [3.8, 4) is 0 Å². The Bertz CT molecular complexity index is 255. The van der Waals surface area contributed by atoms with Gasteiger partial charge in [0.25, 0.3) is 0 Å². The van der Waals surface area contributed by atoms with Crippen molar-refractivity contribution >= 4 is 5.97 Å². The predicted octanol–water partition coefficient (Wildman–Crippen LogP) is -0.178. The van der Waals surface area contributed by atoms with Gasteiger partial charge in [-0.05, 0) is 6.92 Å². The summed E-state index contributed by atoms with van der Waals surface area (Å²) in [6.07, 6.45) is 14.7. The quantitative estimate of drug-likeness (QED) is 0.513. The molecule has 0 aliphatic carbocycles.